The van der Waals surface area contributed by atoms with Gasteiger partial charge in [-0.15, -0.1) is 12.4 Å². The fourth-order valence-electron chi connectivity index (χ4n) is 2.95. The van der Waals surface area contributed by atoms with E-state index in [1.807, 2.05) is 24.3 Å². The minimum atomic E-state index is -4.38. The number of rotatable bonds is 5. The summed E-state index contributed by atoms with van der Waals surface area (Å²) in [5, 5.41) is 14.2. The molecule has 1 atom stereocenters. The van der Waals surface area contributed by atoms with Crippen molar-refractivity contribution >= 4 is 28.1 Å². The highest BCUT2D eigenvalue weighted by molar-refractivity contribution is 7.89. The lowest BCUT2D eigenvalue weighted by molar-refractivity contribution is -0.388. The normalized spacial score (nSPS) is 16.4. The molecule has 3 rings (SSSR count). The topological polar surface area (TPSA) is 101 Å². The first-order valence-electron chi connectivity index (χ1n) is 7.64. The molecular weight excluding hydrogens is 385 g/mol. The molecule has 10 heteroatoms. The van der Waals surface area contributed by atoms with E-state index in [0.29, 0.717) is 6.54 Å². The van der Waals surface area contributed by atoms with Crippen LogP contribution in [0.15, 0.2) is 47.4 Å². The highest BCUT2D eigenvalue weighted by Crippen LogP contribution is 2.27. The fraction of sp³-hybridized carbons (Fsp3) is 0.250. The van der Waals surface area contributed by atoms with Crippen LogP contribution in [-0.4, -0.2) is 26.4 Å². The number of nitro groups is 1. The van der Waals surface area contributed by atoms with Crippen LogP contribution in [0.5, 0.6) is 0 Å². The molecule has 1 heterocycles. The molecule has 2 N–H and O–H groups in total. The van der Waals surface area contributed by atoms with Gasteiger partial charge >= 0.3 is 0 Å². The molecule has 0 aromatic heterocycles. The zero-order valence-corrected chi connectivity index (χ0v) is 15.1. The van der Waals surface area contributed by atoms with E-state index in [-0.39, 0.29) is 25.0 Å². The van der Waals surface area contributed by atoms with Gasteiger partial charge in [-0.1, -0.05) is 30.3 Å². The third-order valence-corrected chi connectivity index (χ3v) is 5.59. The quantitative estimate of drug-likeness (QED) is 0.591. The summed E-state index contributed by atoms with van der Waals surface area (Å²) in [5.74, 6) is -1.15. The average molecular weight is 402 g/mol. The van der Waals surface area contributed by atoms with Crippen LogP contribution in [0.4, 0.5) is 10.1 Å². The van der Waals surface area contributed by atoms with Crippen LogP contribution >= 0.6 is 12.4 Å². The van der Waals surface area contributed by atoms with E-state index >= 15 is 0 Å². The van der Waals surface area contributed by atoms with Crippen LogP contribution < -0.4 is 10.0 Å². The van der Waals surface area contributed by atoms with Gasteiger partial charge in [0.1, 0.15) is 5.82 Å². The van der Waals surface area contributed by atoms with Gasteiger partial charge in [-0.25, -0.2) is 17.5 Å². The summed E-state index contributed by atoms with van der Waals surface area (Å²) in [7, 11) is -4.38. The van der Waals surface area contributed by atoms with E-state index in [1.165, 1.54) is 0 Å². The molecule has 7 nitrogen and oxygen atoms in total. The van der Waals surface area contributed by atoms with Gasteiger partial charge in [-0.2, -0.15) is 0 Å². The van der Waals surface area contributed by atoms with Crippen LogP contribution in [0.3, 0.4) is 0 Å². The summed E-state index contributed by atoms with van der Waals surface area (Å²) < 4.78 is 41.2. The Labute approximate surface area is 156 Å². The molecule has 0 saturated carbocycles. The van der Waals surface area contributed by atoms with Crippen LogP contribution in [0, 0.1) is 15.9 Å². The molecule has 1 aliphatic rings. The number of hydrogen-bond donors (Lipinski definition) is 2. The monoisotopic (exact) mass is 401 g/mol. The third-order valence-electron chi connectivity index (χ3n) is 4.10. The molecule has 0 bridgehead atoms. The highest BCUT2D eigenvalue weighted by Gasteiger charge is 2.31. The molecule has 0 aliphatic carbocycles. The fourth-order valence-corrected chi connectivity index (χ4v) is 4.22. The van der Waals surface area contributed by atoms with Crippen molar-refractivity contribution in [2.75, 3.05) is 13.1 Å². The second-order valence-electron chi connectivity index (χ2n) is 5.65. The summed E-state index contributed by atoms with van der Waals surface area (Å²) in [6.07, 6.45) is 0.832. The van der Waals surface area contributed by atoms with Crippen LogP contribution in [-0.2, 0) is 16.4 Å². The first-order chi connectivity index (χ1) is 11.9. The smallest absolute Gasteiger partial charge is 0.292 e. The predicted octanol–water partition coefficient (Wildman–Crippen LogP) is 2.32. The molecule has 0 radical (unpaired) electrons. The van der Waals surface area contributed by atoms with Gasteiger partial charge in [0, 0.05) is 18.7 Å². The van der Waals surface area contributed by atoms with Crippen LogP contribution in [0.1, 0.15) is 17.2 Å². The number of halogens is 2. The standard InChI is InChI=1S/C16H16FN3O4S.ClH/c17-13-6-3-7-15(20(21)22)16(13)25(23,24)19-10-14-12-5-2-1-4-11(12)8-9-18-14;/h1-7,14,18-19H,8-10H2;1H. The maximum atomic E-state index is 14.0. The van der Waals surface area contributed by atoms with Gasteiger partial charge in [-0.3, -0.25) is 10.1 Å². The van der Waals surface area contributed by atoms with E-state index in [2.05, 4.69) is 10.0 Å². The zero-order valence-electron chi connectivity index (χ0n) is 13.5. The Morgan fingerprint density at radius 2 is 1.96 bits per heavy atom. The van der Waals surface area contributed by atoms with E-state index in [9.17, 15) is 22.9 Å². The summed E-state index contributed by atoms with van der Waals surface area (Å²) in [6.45, 7) is 0.647. The number of nitro benzene ring substituents is 1. The van der Waals surface area contributed by atoms with Crippen molar-refractivity contribution in [2.45, 2.75) is 17.4 Å². The first kappa shape index (κ1) is 20.2. The Morgan fingerprint density at radius 1 is 1.23 bits per heavy atom. The lowest BCUT2D eigenvalue weighted by Gasteiger charge is -2.27. The molecule has 0 spiro atoms. The van der Waals surface area contributed by atoms with Gasteiger partial charge in [-0.05, 0) is 30.2 Å². The average Bonchev–Trinajstić information content (AvgIpc) is 2.59. The Kier molecular flexibility index (Phi) is 6.30. The van der Waals surface area contributed by atoms with Crippen LogP contribution in [0.25, 0.3) is 0 Å². The molecule has 140 valence electrons. The number of hydrogen-bond acceptors (Lipinski definition) is 5. The number of fused-ring (bicyclic) bond motifs is 1. The highest BCUT2D eigenvalue weighted by atomic mass is 35.5. The Hall–Kier alpha value is -2.07. The van der Waals surface area contributed by atoms with Gasteiger partial charge in [0.05, 0.1) is 4.92 Å². The Morgan fingerprint density at radius 3 is 2.69 bits per heavy atom. The lowest BCUT2D eigenvalue weighted by Crippen LogP contribution is -2.39. The Balaban J connectivity index is 0.00000243. The lowest BCUT2D eigenvalue weighted by atomic mass is 9.95. The summed E-state index contributed by atoms with van der Waals surface area (Å²) in [4.78, 5) is 9.17. The van der Waals surface area contributed by atoms with E-state index in [4.69, 9.17) is 0 Å². The summed E-state index contributed by atoms with van der Waals surface area (Å²) >= 11 is 0. The second kappa shape index (κ2) is 8.09. The van der Waals surface area contributed by atoms with Crippen molar-refractivity contribution in [3.05, 3.63) is 69.5 Å². The second-order valence-corrected chi connectivity index (χ2v) is 7.36. The number of sulfonamides is 1. The Bertz CT molecular complexity index is 923. The van der Waals surface area contributed by atoms with E-state index in [0.717, 1.165) is 35.7 Å². The maximum Gasteiger partial charge on any atom is 0.292 e. The molecular formula is C16H17ClFN3O4S. The van der Waals surface area contributed by atoms with Crippen molar-refractivity contribution in [3.63, 3.8) is 0 Å². The number of benzene rings is 2. The van der Waals surface area contributed by atoms with Crippen LogP contribution in [0.2, 0.25) is 0 Å². The van der Waals surface area contributed by atoms with Gasteiger partial charge in [0.15, 0.2) is 4.90 Å². The number of nitrogens with one attached hydrogen (secondary N) is 2. The molecule has 0 amide bonds. The van der Waals surface area contributed by atoms with Crippen molar-refractivity contribution in [1.82, 2.24) is 10.0 Å². The minimum Gasteiger partial charge on any atom is -0.308 e. The number of nitrogens with zero attached hydrogens (tertiary/aromatic N) is 1. The van der Waals surface area contributed by atoms with Gasteiger partial charge in [0.2, 0.25) is 10.0 Å². The molecule has 2 aromatic carbocycles. The van der Waals surface area contributed by atoms with Crippen molar-refractivity contribution in [1.29, 1.82) is 0 Å². The first-order valence-corrected chi connectivity index (χ1v) is 9.12. The van der Waals surface area contributed by atoms with Gasteiger partial charge in [0.25, 0.3) is 5.69 Å². The third kappa shape index (κ3) is 4.01. The largest absolute Gasteiger partial charge is 0.308 e. The SMILES string of the molecule is Cl.O=[N+]([O-])c1cccc(F)c1S(=O)(=O)NCC1NCCc2ccccc21. The van der Waals surface area contributed by atoms with Crippen molar-refractivity contribution in [3.8, 4) is 0 Å². The van der Waals surface area contributed by atoms with Crippen molar-refractivity contribution in [2.24, 2.45) is 0 Å². The molecule has 0 saturated heterocycles. The predicted molar refractivity (Wildman–Crippen MR) is 96.4 cm³/mol. The van der Waals surface area contributed by atoms with Gasteiger partial charge < -0.3 is 5.32 Å². The van der Waals surface area contributed by atoms with E-state index < -0.39 is 31.3 Å². The molecule has 1 unspecified atom stereocenters. The summed E-state index contributed by atoms with van der Waals surface area (Å²) in [5.41, 5.74) is 1.28. The molecule has 1 aliphatic heterocycles. The summed E-state index contributed by atoms with van der Waals surface area (Å²) in [6, 6.07) is 10.3. The molecule has 2 aromatic rings. The minimum absolute atomic E-state index is 0. The zero-order chi connectivity index (χ0) is 18.0. The molecule has 0 fully saturated rings. The molecule has 26 heavy (non-hydrogen) atoms. The maximum absolute atomic E-state index is 14.0. The van der Waals surface area contributed by atoms with E-state index in [1.54, 1.807) is 0 Å². The van der Waals surface area contributed by atoms with Crippen molar-refractivity contribution < 1.29 is 17.7 Å².